The number of imidazole rings is 1. The molecular weight excluding hydrogens is 338 g/mol. The Kier molecular flexibility index (Phi) is 3.53. The van der Waals surface area contributed by atoms with Crippen LogP contribution in [-0.4, -0.2) is 23.9 Å². The fourth-order valence-corrected chi connectivity index (χ4v) is 3.21. The van der Waals surface area contributed by atoms with Crippen molar-refractivity contribution in [2.75, 3.05) is 0 Å². The number of aromatic nitrogens is 5. The Labute approximate surface area is 154 Å². The summed E-state index contributed by atoms with van der Waals surface area (Å²) in [6.45, 7) is 0.477. The van der Waals surface area contributed by atoms with Gasteiger partial charge in [0.05, 0.1) is 30.0 Å². The zero-order valence-corrected chi connectivity index (χ0v) is 14.4. The molecule has 0 aliphatic carbocycles. The van der Waals surface area contributed by atoms with E-state index in [2.05, 4.69) is 39.3 Å². The zero-order chi connectivity index (χ0) is 18.2. The summed E-state index contributed by atoms with van der Waals surface area (Å²) in [7, 11) is 0. The molecule has 5 rings (SSSR count). The van der Waals surface area contributed by atoms with Gasteiger partial charge in [-0.25, -0.2) is 9.97 Å². The van der Waals surface area contributed by atoms with E-state index in [0.717, 1.165) is 22.3 Å². The van der Waals surface area contributed by atoms with E-state index in [1.54, 1.807) is 35.6 Å². The molecule has 0 saturated heterocycles. The van der Waals surface area contributed by atoms with Crippen molar-refractivity contribution in [3.63, 3.8) is 0 Å². The normalized spacial score (nSPS) is 11.3. The van der Waals surface area contributed by atoms with Crippen LogP contribution in [0.25, 0.3) is 27.7 Å². The second kappa shape index (κ2) is 6.17. The summed E-state index contributed by atoms with van der Waals surface area (Å²) in [6.07, 6.45) is 10.6. The van der Waals surface area contributed by atoms with Gasteiger partial charge in [0.1, 0.15) is 5.65 Å². The van der Waals surface area contributed by atoms with Crippen LogP contribution in [0.5, 0.6) is 0 Å². The Hall–Kier alpha value is -3.80. The Morgan fingerprint density at radius 1 is 0.889 bits per heavy atom. The fraction of sp³-hybridized carbons (Fsp3) is 0.0476. The molecular formula is C21H15N5O. The molecule has 0 N–H and O–H groups in total. The van der Waals surface area contributed by atoms with Crippen molar-refractivity contribution >= 4 is 16.6 Å². The summed E-state index contributed by atoms with van der Waals surface area (Å²) >= 11 is 0. The molecule has 0 aliphatic rings. The van der Waals surface area contributed by atoms with Crippen LogP contribution in [0.2, 0.25) is 0 Å². The lowest BCUT2D eigenvalue weighted by Crippen LogP contribution is -2.21. The number of hydrogen-bond acceptors (Lipinski definition) is 4. The number of rotatable bonds is 3. The molecule has 0 spiro atoms. The predicted molar refractivity (Wildman–Crippen MR) is 104 cm³/mol. The molecule has 0 amide bonds. The monoisotopic (exact) mass is 353 g/mol. The van der Waals surface area contributed by atoms with E-state index in [4.69, 9.17) is 0 Å². The molecule has 6 nitrogen and oxygen atoms in total. The number of benzene rings is 1. The van der Waals surface area contributed by atoms with E-state index >= 15 is 0 Å². The highest BCUT2D eigenvalue weighted by molar-refractivity contribution is 5.75. The smallest absolute Gasteiger partial charge is 0.261 e. The van der Waals surface area contributed by atoms with Gasteiger partial charge >= 0.3 is 0 Å². The molecule has 0 radical (unpaired) electrons. The van der Waals surface area contributed by atoms with Gasteiger partial charge in [-0.15, -0.1) is 0 Å². The van der Waals surface area contributed by atoms with Gasteiger partial charge in [-0.1, -0.05) is 24.3 Å². The third-order valence-corrected chi connectivity index (χ3v) is 4.66. The van der Waals surface area contributed by atoms with Crippen molar-refractivity contribution in [2.45, 2.75) is 6.54 Å². The fourth-order valence-electron chi connectivity index (χ4n) is 3.21. The highest BCUT2D eigenvalue weighted by atomic mass is 16.1. The zero-order valence-electron chi connectivity index (χ0n) is 14.4. The second-order valence-corrected chi connectivity index (χ2v) is 6.38. The highest BCUT2D eigenvalue weighted by Gasteiger charge is 2.05. The lowest BCUT2D eigenvalue weighted by atomic mass is 10.1. The summed E-state index contributed by atoms with van der Waals surface area (Å²) in [5, 5.41) is 0.581. The first kappa shape index (κ1) is 15.5. The quantitative estimate of drug-likeness (QED) is 0.500. The molecule has 0 atom stereocenters. The first-order valence-corrected chi connectivity index (χ1v) is 8.59. The van der Waals surface area contributed by atoms with Gasteiger partial charge in [-0.05, 0) is 34.9 Å². The summed E-state index contributed by atoms with van der Waals surface area (Å²) in [5.41, 5.74) is 4.75. The number of nitrogens with zero attached hydrogens (tertiary/aromatic N) is 5. The van der Waals surface area contributed by atoms with Crippen molar-refractivity contribution in [1.29, 1.82) is 0 Å². The molecule has 4 aromatic heterocycles. The van der Waals surface area contributed by atoms with Crippen LogP contribution in [-0.2, 0) is 6.54 Å². The summed E-state index contributed by atoms with van der Waals surface area (Å²) in [4.78, 5) is 25.2. The molecule has 4 heterocycles. The average Bonchev–Trinajstić information content (AvgIpc) is 3.19. The van der Waals surface area contributed by atoms with Crippen molar-refractivity contribution in [2.24, 2.45) is 0 Å². The van der Waals surface area contributed by atoms with Gasteiger partial charge < -0.3 is 4.40 Å². The maximum atomic E-state index is 12.6. The number of fused-ring (bicyclic) bond motifs is 2. The Morgan fingerprint density at radius 2 is 1.74 bits per heavy atom. The van der Waals surface area contributed by atoms with E-state index in [9.17, 15) is 4.79 Å². The van der Waals surface area contributed by atoms with E-state index in [1.165, 1.54) is 0 Å². The Bertz CT molecular complexity index is 1320. The molecule has 5 aromatic rings. The van der Waals surface area contributed by atoms with E-state index in [0.29, 0.717) is 17.4 Å². The largest absolute Gasteiger partial charge is 0.306 e. The van der Waals surface area contributed by atoms with Crippen LogP contribution in [0.3, 0.4) is 0 Å². The molecule has 0 saturated carbocycles. The summed E-state index contributed by atoms with van der Waals surface area (Å²) in [6, 6.07) is 14.0. The second-order valence-electron chi connectivity index (χ2n) is 6.38. The molecule has 27 heavy (non-hydrogen) atoms. The topological polar surface area (TPSA) is 65.1 Å². The minimum absolute atomic E-state index is 0.0583. The first-order chi connectivity index (χ1) is 13.3. The maximum Gasteiger partial charge on any atom is 0.261 e. The molecule has 0 unspecified atom stereocenters. The Morgan fingerprint density at radius 3 is 2.63 bits per heavy atom. The maximum absolute atomic E-state index is 12.6. The van der Waals surface area contributed by atoms with Gasteiger partial charge in [-0.3, -0.25) is 14.3 Å². The minimum atomic E-state index is -0.0583. The molecule has 6 heteroatoms. The van der Waals surface area contributed by atoms with Crippen molar-refractivity contribution in [1.82, 2.24) is 23.9 Å². The Balaban J connectivity index is 1.45. The van der Waals surface area contributed by atoms with Crippen LogP contribution in [0.1, 0.15) is 5.56 Å². The van der Waals surface area contributed by atoms with Gasteiger partial charge in [0.25, 0.3) is 5.56 Å². The first-order valence-electron chi connectivity index (χ1n) is 8.59. The van der Waals surface area contributed by atoms with E-state index in [-0.39, 0.29) is 5.56 Å². The highest BCUT2D eigenvalue weighted by Crippen LogP contribution is 2.20. The minimum Gasteiger partial charge on any atom is -0.306 e. The van der Waals surface area contributed by atoms with Gasteiger partial charge in [-0.2, -0.15) is 0 Å². The van der Waals surface area contributed by atoms with E-state index in [1.807, 2.05) is 28.8 Å². The molecule has 130 valence electrons. The van der Waals surface area contributed by atoms with Crippen molar-refractivity contribution < 1.29 is 0 Å². The summed E-state index contributed by atoms with van der Waals surface area (Å²) < 4.78 is 3.62. The van der Waals surface area contributed by atoms with Crippen LogP contribution in [0, 0.1) is 0 Å². The van der Waals surface area contributed by atoms with Crippen LogP contribution in [0.15, 0.2) is 84.6 Å². The van der Waals surface area contributed by atoms with Gasteiger partial charge in [0.15, 0.2) is 0 Å². The molecule has 0 aliphatic heterocycles. The molecule has 0 fully saturated rings. The summed E-state index contributed by atoms with van der Waals surface area (Å²) in [5.74, 6) is 0. The SMILES string of the molecule is O=c1c2ccncc2ncn1Cc1ccc(-c2ccc3nccn3c2)cc1. The molecule has 1 aromatic carbocycles. The van der Waals surface area contributed by atoms with Crippen LogP contribution < -0.4 is 5.56 Å². The standard InChI is InChI=1S/C21H15N5O/c27-21-18-7-8-22-11-19(18)24-14-26(21)12-15-1-3-16(4-2-15)17-5-6-20-23-9-10-25(20)13-17/h1-11,13-14H,12H2. The van der Waals surface area contributed by atoms with Gasteiger partial charge in [0.2, 0.25) is 0 Å². The van der Waals surface area contributed by atoms with Crippen LogP contribution in [0.4, 0.5) is 0 Å². The predicted octanol–water partition coefficient (Wildman–Crippen LogP) is 3.15. The van der Waals surface area contributed by atoms with Gasteiger partial charge in [0, 0.05) is 24.8 Å². The number of pyridine rings is 2. The lowest BCUT2D eigenvalue weighted by Gasteiger charge is -2.08. The number of hydrogen-bond donors (Lipinski definition) is 0. The van der Waals surface area contributed by atoms with Crippen molar-refractivity contribution in [3.8, 4) is 11.1 Å². The molecule has 0 bridgehead atoms. The average molecular weight is 353 g/mol. The van der Waals surface area contributed by atoms with Crippen molar-refractivity contribution in [3.05, 3.63) is 95.7 Å². The third kappa shape index (κ3) is 2.77. The van der Waals surface area contributed by atoms with E-state index < -0.39 is 0 Å². The third-order valence-electron chi connectivity index (χ3n) is 4.66. The lowest BCUT2D eigenvalue weighted by molar-refractivity contribution is 0.748. The van der Waals surface area contributed by atoms with Crippen LogP contribution >= 0.6 is 0 Å².